The van der Waals surface area contributed by atoms with Crippen molar-refractivity contribution in [2.75, 3.05) is 25.1 Å². The molecule has 96 valence electrons. The highest BCUT2D eigenvalue weighted by molar-refractivity contribution is 5.77. The van der Waals surface area contributed by atoms with Crippen molar-refractivity contribution in [2.24, 2.45) is 5.41 Å². The summed E-state index contributed by atoms with van der Waals surface area (Å²) in [7, 11) is 2.06. The van der Waals surface area contributed by atoms with Gasteiger partial charge in [-0.2, -0.15) is 0 Å². The first-order valence-corrected chi connectivity index (χ1v) is 6.38. The molecule has 1 aliphatic rings. The van der Waals surface area contributed by atoms with Crippen molar-refractivity contribution < 1.29 is 9.52 Å². The highest BCUT2D eigenvalue weighted by atomic mass is 16.3. The Hall–Kier alpha value is -1.55. The van der Waals surface area contributed by atoms with E-state index < -0.39 is 0 Å². The fourth-order valence-electron chi connectivity index (χ4n) is 2.72. The molecule has 1 aromatic carbocycles. The van der Waals surface area contributed by atoms with Crippen LogP contribution in [-0.4, -0.2) is 30.3 Å². The zero-order chi connectivity index (χ0) is 12.6. The fourth-order valence-corrected chi connectivity index (χ4v) is 2.72. The van der Waals surface area contributed by atoms with Crippen molar-refractivity contribution in [1.82, 2.24) is 4.98 Å². The van der Waals surface area contributed by atoms with Crippen molar-refractivity contribution >= 4 is 16.8 Å². The van der Waals surface area contributed by atoms with Crippen molar-refractivity contribution in [1.29, 1.82) is 0 Å². The Bertz CT molecular complexity index is 540. The third kappa shape index (κ3) is 1.86. The van der Waals surface area contributed by atoms with Crippen LogP contribution in [0.1, 0.15) is 19.3 Å². The number of fused-ring (bicyclic) bond motifs is 1. The first-order chi connectivity index (χ1) is 8.72. The standard InChI is InChI=1S/C14H18N2O2/c1-16(8-14(9-17)5-2-6-14)11-3-4-12-13(7-11)18-10-15-12/h3-4,7,10,17H,2,5-6,8-9H2,1H3. The van der Waals surface area contributed by atoms with E-state index in [9.17, 15) is 5.11 Å². The van der Waals surface area contributed by atoms with Gasteiger partial charge in [0.05, 0.1) is 6.61 Å². The van der Waals surface area contributed by atoms with Crippen LogP contribution in [0.15, 0.2) is 29.0 Å². The topological polar surface area (TPSA) is 49.5 Å². The Balaban J connectivity index is 1.80. The molecule has 1 aromatic heterocycles. The molecule has 0 atom stereocenters. The first kappa shape index (κ1) is 11.5. The van der Waals surface area contributed by atoms with Crippen molar-refractivity contribution in [3.63, 3.8) is 0 Å². The minimum Gasteiger partial charge on any atom is -0.443 e. The van der Waals surface area contributed by atoms with E-state index in [1.54, 1.807) is 0 Å². The Labute approximate surface area is 106 Å². The summed E-state index contributed by atoms with van der Waals surface area (Å²) in [5, 5.41) is 9.52. The maximum Gasteiger partial charge on any atom is 0.181 e. The molecule has 1 N–H and O–H groups in total. The van der Waals surface area contributed by atoms with Crippen molar-refractivity contribution in [3.05, 3.63) is 24.6 Å². The third-order valence-corrected chi connectivity index (χ3v) is 4.08. The molecule has 3 rings (SSSR count). The summed E-state index contributed by atoms with van der Waals surface area (Å²) in [6.07, 6.45) is 4.95. The summed E-state index contributed by atoms with van der Waals surface area (Å²) in [6, 6.07) is 6.03. The molecule has 1 heterocycles. The smallest absolute Gasteiger partial charge is 0.181 e. The molecule has 1 fully saturated rings. The molecule has 2 aromatic rings. The predicted octanol–water partition coefficient (Wildman–Crippen LogP) is 2.43. The summed E-state index contributed by atoms with van der Waals surface area (Å²) in [5.41, 5.74) is 2.91. The van der Waals surface area contributed by atoms with Crippen molar-refractivity contribution in [2.45, 2.75) is 19.3 Å². The summed E-state index contributed by atoms with van der Waals surface area (Å²) >= 11 is 0. The third-order valence-electron chi connectivity index (χ3n) is 4.08. The molecule has 0 spiro atoms. The molecule has 0 saturated heterocycles. The van der Waals surface area contributed by atoms with Crippen LogP contribution in [0.4, 0.5) is 5.69 Å². The molecule has 4 nitrogen and oxygen atoms in total. The van der Waals surface area contributed by atoms with Crippen LogP contribution >= 0.6 is 0 Å². The van der Waals surface area contributed by atoms with Crippen molar-refractivity contribution in [3.8, 4) is 0 Å². The van der Waals surface area contributed by atoms with Crippen LogP contribution in [0.25, 0.3) is 11.1 Å². The molecule has 0 radical (unpaired) electrons. The molecule has 0 bridgehead atoms. The number of hydrogen-bond acceptors (Lipinski definition) is 4. The Kier molecular flexibility index (Phi) is 2.74. The lowest BCUT2D eigenvalue weighted by Gasteiger charge is -2.43. The number of aliphatic hydroxyl groups excluding tert-OH is 1. The minimum atomic E-state index is 0.102. The number of rotatable bonds is 4. The van der Waals surface area contributed by atoms with Gasteiger partial charge in [-0.3, -0.25) is 0 Å². The van der Waals surface area contributed by atoms with Gasteiger partial charge in [0.1, 0.15) is 5.52 Å². The maximum absolute atomic E-state index is 9.52. The van der Waals surface area contributed by atoms with Gasteiger partial charge in [0.25, 0.3) is 0 Å². The second-order valence-corrected chi connectivity index (χ2v) is 5.37. The summed E-state index contributed by atoms with van der Waals surface area (Å²) in [4.78, 5) is 6.30. The molecule has 1 saturated carbocycles. The van der Waals surface area contributed by atoms with Crippen LogP contribution in [-0.2, 0) is 0 Å². The lowest BCUT2D eigenvalue weighted by atomic mass is 9.69. The normalized spacial score (nSPS) is 17.7. The largest absolute Gasteiger partial charge is 0.443 e. The van der Waals surface area contributed by atoms with Gasteiger partial charge in [0, 0.05) is 30.8 Å². The van der Waals surface area contributed by atoms with E-state index in [1.807, 2.05) is 12.1 Å². The fraction of sp³-hybridized carbons (Fsp3) is 0.500. The number of oxazole rings is 1. The molecule has 0 aliphatic heterocycles. The second kappa shape index (κ2) is 4.28. The van der Waals surface area contributed by atoms with E-state index in [2.05, 4.69) is 23.0 Å². The highest BCUT2D eigenvalue weighted by Gasteiger charge is 2.37. The molecule has 0 amide bonds. The number of benzene rings is 1. The molecule has 4 heteroatoms. The SMILES string of the molecule is CN(CC1(CO)CCC1)c1ccc2ncoc2c1. The Morgan fingerprint density at radius 1 is 1.44 bits per heavy atom. The average molecular weight is 246 g/mol. The minimum absolute atomic E-state index is 0.102. The quantitative estimate of drug-likeness (QED) is 0.900. The maximum atomic E-state index is 9.52. The lowest BCUT2D eigenvalue weighted by Crippen LogP contribution is -2.43. The number of hydrogen-bond donors (Lipinski definition) is 1. The zero-order valence-electron chi connectivity index (χ0n) is 10.6. The Morgan fingerprint density at radius 3 is 2.94 bits per heavy atom. The van der Waals surface area contributed by atoms with Gasteiger partial charge in [-0.1, -0.05) is 6.42 Å². The van der Waals surface area contributed by atoms with Gasteiger partial charge < -0.3 is 14.4 Å². The van der Waals surface area contributed by atoms with Gasteiger partial charge in [0.15, 0.2) is 12.0 Å². The molecular formula is C14H18N2O2. The van der Waals surface area contributed by atoms with E-state index in [-0.39, 0.29) is 12.0 Å². The average Bonchev–Trinajstić information content (AvgIpc) is 2.80. The number of anilines is 1. The second-order valence-electron chi connectivity index (χ2n) is 5.37. The van der Waals surface area contributed by atoms with Crippen LogP contribution in [0, 0.1) is 5.41 Å². The van der Waals surface area contributed by atoms with E-state index in [4.69, 9.17) is 4.42 Å². The van der Waals surface area contributed by atoms with E-state index in [0.717, 1.165) is 36.2 Å². The zero-order valence-corrected chi connectivity index (χ0v) is 10.6. The van der Waals surface area contributed by atoms with Gasteiger partial charge in [-0.05, 0) is 25.0 Å². The van der Waals surface area contributed by atoms with E-state index in [1.165, 1.54) is 12.8 Å². The number of aliphatic hydroxyl groups is 1. The molecule has 1 aliphatic carbocycles. The van der Waals surface area contributed by atoms with Gasteiger partial charge in [0.2, 0.25) is 0 Å². The van der Waals surface area contributed by atoms with Crippen LogP contribution < -0.4 is 4.90 Å². The van der Waals surface area contributed by atoms with E-state index >= 15 is 0 Å². The summed E-state index contributed by atoms with van der Waals surface area (Å²) in [5.74, 6) is 0. The molecule has 0 unspecified atom stereocenters. The van der Waals surface area contributed by atoms with Gasteiger partial charge in [-0.15, -0.1) is 0 Å². The van der Waals surface area contributed by atoms with Crippen LogP contribution in [0.3, 0.4) is 0 Å². The first-order valence-electron chi connectivity index (χ1n) is 6.38. The van der Waals surface area contributed by atoms with Gasteiger partial charge >= 0.3 is 0 Å². The summed E-state index contributed by atoms with van der Waals surface area (Å²) in [6.45, 7) is 1.17. The lowest BCUT2D eigenvalue weighted by molar-refractivity contribution is 0.0524. The van der Waals surface area contributed by atoms with Gasteiger partial charge in [-0.25, -0.2) is 4.98 Å². The predicted molar refractivity (Wildman–Crippen MR) is 70.6 cm³/mol. The molecular weight excluding hydrogens is 228 g/mol. The Morgan fingerprint density at radius 2 is 2.28 bits per heavy atom. The number of aromatic nitrogens is 1. The van der Waals surface area contributed by atoms with E-state index in [0.29, 0.717) is 0 Å². The van der Waals surface area contributed by atoms with Crippen LogP contribution in [0.2, 0.25) is 0 Å². The highest BCUT2D eigenvalue weighted by Crippen LogP contribution is 2.41. The summed E-state index contributed by atoms with van der Waals surface area (Å²) < 4.78 is 5.32. The number of nitrogens with zero attached hydrogens (tertiary/aromatic N) is 2. The molecule has 18 heavy (non-hydrogen) atoms. The monoisotopic (exact) mass is 246 g/mol. The van der Waals surface area contributed by atoms with Crippen LogP contribution in [0.5, 0.6) is 0 Å².